The van der Waals surface area contributed by atoms with Crippen LogP contribution in [0.2, 0.25) is 0 Å². The van der Waals surface area contributed by atoms with Crippen molar-refractivity contribution >= 4 is 0 Å². The van der Waals surface area contributed by atoms with Gasteiger partial charge in [0, 0.05) is 6.54 Å². The highest BCUT2D eigenvalue weighted by molar-refractivity contribution is 5.14. The first-order valence-electron chi connectivity index (χ1n) is 4.74. The Morgan fingerprint density at radius 2 is 2.00 bits per heavy atom. The standard InChI is InChI=1S/C11H17N2/c1-3-11(12-2)13-9-10-7-5-4-6-8-10/h4-8,11-12H,3,9H2,1-2H3. The van der Waals surface area contributed by atoms with Crippen molar-refractivity contribution in [3.63, 3.8) is 0 Å². The summed E-state index contributed by atoms with van der Waals surface area (Å²) >= 11 is 0. The molecule has 0 fully saturated rings. The van der Waals surface area contributed by atoms with Gasteiger partial charge in [-0.05, 0) is 19.0 Å². The number of nitrogens with one attached hydrogen (secondary N) is 1. The van der Waals surface area contributed by atoms with E-state index >= 15 is 0 Å². The van der Waals surface area contributed by atoms with Crippen LogP contribution in [0.15, 0.2) is 30.3 Å². The van der Waals surface area contributed by atoms with Gasteiger partial charge in [0.2, 0.25) is 0 Å². The fraction of sp³-hybridized carbons (Fsp3) is 0.455. The zero-order chi connectivity index (χ0) is 9.52. The molecule has 0 spiro atoms. The predicted octanol–water partition coefficient (Wildman–Crippen LogP) is 1.75. The van der Waals surface area contributed by atoms with E-state index in [1.54, 1.807) is 0 Å². The average molecular weight is 177 g/mol. The lowest BCUT2D eigenvalue weighted by Crippen LogP contribution is -2.33. The van der Waals surface area contributed by atoms with Crippen LogP contribution in [-0.2, 0) is 6.54 Å². The monoisotopic (exact) mass is 177 g/mol. The first-order valence-corrected chi connectivity index (χ1v) is 4.74. The summed E-state index contributed by atoms with van der Waals surface area (Å²) in [5, 5.41) is 7.68. The molecule has 0 bridgehead atoms. The van der Waals surface area contributed by atoms with Crippen molar-refractivity contribution in [3.8, 4) is 0 Å². The Labute approximate surface area is 80.4 Å². The Bertz CT molecular complexity index is 217. The molecule has 0 aliphatic carbocycles. The fourth-order valence-electron chi connectivity index (χ4n) is 1.22. The van der Waals surface area contributed by atoms with Gasteiger partial charge in [-0.25, -0.2) is 5.32 Å². The number of hydrogen-bond donors (Lipinski definition) is 1. The van der Waals surface area contributed by atoms with Crippen LogP contribution >= 0.6 is 0 Å². The van der Waals surface area contributed by atoms with Crippen molar-refractivity contribution in [2.45, 2.75) is 26.1 Å². The van der Waals surface area contributed by atoms with E-state index in [1.165, 1.54) is 5.56 Å². The van der Waals surface area contributed by atoms with E-state index in [-0.39, 0.29) is 0 Å². The number of benzene rings is 1. The van der Waals surface area contributed by atoms with Gasteiger partial charge in [0.05, 0.1) is 6.17 Å². The molecule has 0 saturated heterocycles. The van der Waals surface area contributed by atoms with Crippen molar-refractivity contribution < 1.29 is 0 Å². The van der Waals surface area contributed by atoms with E-state index in [0.29, 0.717) is 6.17 Å². The minimum absolute atomic E-state index is 0.292. The summed E-state index contributed by atoms with van der Waals surface area (Å²) in [5.41, 5.74) is 1.27. The molecule has 2 heteroatoms. The van der Waals surface area contributed by atoms with E-state index < -0.39 is 0 Å². The third-order valence-corrected chi connectivity index (χ3v) is 2.06. The van der Waals surface area contributed by atoms with E-state index in [0.717, 1.165) is 13.0 Å². The molecule has 1 unspecified atom stereocenters. The van der Waals surface area contributed by atoms with Gasteiger partial charge in [0.1, 0.15) is 0 Å². The summed E-state index contributed by atoms with van der Waals surface area (Å²) in [6.07, 6.45) is 1.34. The summed E-state index contributed by atoms with van der Waals surface area (Å²) in [6, 6.07) is 10.3. The molecule has 1 rings (SSSR count). The smallest absolute Gasteiger partial charge is 0.0734 e. The summed E-state index contributed by atoms with van der Waals surface area (Å²) in [6.45, 7) is 2.94. The fourth-order valence-corrected chi connectivity index (χ4v) is 1.22. The van der Waals surface area contributed by atoms with Gasteiger partial charge in [-0.1, -0.05) is 37.3 Å². The summed E-state index contributed by atoms with van der Waals surface area (Å²) in [5.74, 6) is 0. The quantitative estimate of drug-likeness (QED) is 0.728. The highest BCUT2D eigenvalue weighted by atomic mass is 15.1. The number of nitrogens with zero attached hydrogens (tertiary/aromatic N) is 1. The molecule has 71 valence electrons. The Morgan fingerprint density at radius 3 is 2.54 bits per heavy atom. The zero-order valence-electron chi connectivity index (χ0n) is 8.33. The van der Waals surface area contributed by atoms with Crippen LogP contribution < -0.4 is 10.6 Å². The lowest BCUT2D eigenvalue weighted by atomic mass is 10.2. The summed E-state index contributed by atoms with van der Waals surface area (Å²) in [4.78, 5) is 0. The maximum absolute atomic E-state index is 4.52. The molecule has 1 aromatic rings. The lowest BCUT2D eigenvalue weighted by Gasteiger charge is -2.13. The molecule has 1 atom stereocenters. The van der Waals surface area contributed by atoms with Gasteiger partial charge in [-0.3, -0.25) is 0 Å². The molecule has 1 radical (unpaired) electrons. The predicted molar refractivity (Wildman–Crippen MR) is 55.4 cm³/mol. The number of rotatable bonds is 5. The largest absolute Gasteiger partial charge is 0.304 e. The molecule has 0 aromatic heterocycles. The zero-order valence-corrected chi connectivity index (χ0v) is 8.33. The molecule has 0 heterocycles. The molecule has 13 heavy (non-hydrogen) atoms. The van der Waals surface area contributed by atoms with Crippen LogP contribution in [-0.4, -0.2) is 13.2 Å². The normalized spacial score (nSPS) is 12.8. The minimum Gasteiger partial charge on any atom is -0.304 e. The van der Waals surface area contributed by atoms with Crippen LogP contribution in [0.25, 0.3) is 0 Å². The van der Waals surface area contributed by atoms with Crippen molar-refractivity contribution in [2.75, 3.05) is 7.05 Å². The molecule has 0 saturated carbocycles. The van der Waals surface area contributed by atoms with Gasteiger partial charge in [0.25, 0.3) is 0 Å². The topological polar surface area (TPSA) is 26.1 Å². The second-order valence-corrected chi connectivity index (χ2v) is 3.04. The van der Waals surface area contributed by atoms with Gasteiger partial charge in [-0.2, -0.15) is 0 Å². The van der Waals surface area contributed by atoms with Gasteiger partial charge in [-0.15, -0.1) is 0 Å². The maximum atomic E-state index is 4.52. The minimum atomic E-state index is 0.292. The highest BCUT2D eigenvalue weighted by Gasteiger charge is 2.02. The Balaban J connectivity index is 2.34. The van der Waals surface area contributed by atoms with E-state index in [4.69, 9.17) is 0 Å². The second kappa shape index (κ2) is 5.73. The Kier molecular flexibility index (Phi) is 4.50. The molecule has 0 amide bonds. The van der Waals surface area contributed by atoms with E-state index in [1.807, 2.05) is 25.2 Å². The molecule has 0 aliphatic rings. The maximum Gasteiger partial charge on any atom is 0.0734 e. The molecule has 2 nitrogen and oxygen atoms in total. The van der Waals surface area contributed by atoms with Crippen LogP contribution in [0.3, 0.4) is 0 Å². The van der Waals surface area contributed by atoms with Gasteiger partial charge in [0.15, 0.2) is 0 Å². The van der Waals surface area contributed by atoms with Gasteiger partial charge >= 0.3 is 0 Å². The SMILES string of the molecule is CCC([N]Cc1ccccc1)NC. The van der Waals surface area contributed by atoms with Gasteiger partial charge < -0.3 is 5.32 Å². The average Bonchev–Trinajstić information content (AvgIpc) is 2.21. The van der Waals surface area contributed by atoms with Crippen molar-refractivity contribution in [1.82, 2.24) is 10.6 Å². The second-order valence-electron chi connectivity index (χ2n) is 3.04. The first kappa shape index (κ1) is 10.2. The third-order valence-electron chi connectivity index (χ3n) is 2.06. The highest BCUT2D eigenvalue weighted by Crippen LogP contribution is 1.99. The van der Waals surface area contributed by atoms with Crippen molar-refractivity contribution in [3.05, 3.63) is 35.9 Å². The number of hydrogen-bond acceptors (Lipinski definition) is 1. The van der Waals surface area contributed by atoms with Crippen LogP contribution in [0.1, 0.15) is 18.9 Å². The summed E-state index contributed by atoms with van der Waals surface area (Å²) < 4.78 is 0. The Hall–Kier alpha value is -0.860. The molecule has 1 N–H and O–H groups in total. The van der Waals surface area contributed by atoms with Crippen LogP contribution in [0.5, 0.6) is 0 Å². The molecular formula is C11H17N2. The van der Waals surface area contributed by atoms with Crippen molar-refractivity contribution in [1.29, 1.82) is 0 Å². The first-order chi connectivity index (χ1) is 6.36. The molecular weight excluding hydrogens is 160 g/mol. The Morgan fingerprint density at radius 1 is 1.31 bits per heavy atom. The van der Waals surface area contributed by atoms with Crippen LogP contribution in [0, 0.1) is 0 Å². The van der Waals surface area contributed by atoms with Crippen LogP contribution in [0.4, 0.5) is 0 Å². The summed E-state index contributed by atoms with van der Waals surface area (Å²) in [7, 11) is 1.95. The van der Waals surface area contributed by atoms with E-state index in [9.17, 15) is 0 Å². The third kappa shape index (κ3) is 3.57. The lowest BCUT2D eigenvalue weighted by molar-refractivity contribution is 0.433. The van der Waals surface area contributed by atoms with Crippen molar-refractivity contribution in [2.24, 2.45) is 0 Å². The molecule has 0 aliphatic heterocycles. The van der Waals surface area contributed by atoms with E-state index in [2.05, 4.69) is 29.7 Å². The molecule has 1 aromatic carbocycles.